The Bertz CT molecular complexity index is 735. The van der Waals surface area contributed by atoms with E-state index in [9.17, 15) is 9.90 Å². The van der Waals surface area contributed by atoms with Crippen LogP contribution in [0.1, 0.15) is 34.5 Å². The van der Waals surface area contributed by atoms with Crippen LogP contribution in [0.2, 0.25) is 0 Å². The maximum Gasteiger partial charge on any atom is 0.199 e. The Labute approximate surface area is 140 Å². The second-order valence-electron chi connectivity index (χ2n) is 5.29. The lowest BCUT2D eigenvalue weighted by atomic mass is 10.1. The van der Waals surface area contributed by atoms with E-state index in [4.69, 9.17) is 4.74 Å². The Morgan fingerprint density at radius 2 is 2.04 bits per heavy atom. The summed E-state index contributed by atoms with van der Waals surface area (Å²) in [6, 6.07) is 14.5. The molecule has 1 heterocycles. The number of carbonyl (C=O) groups excluding carboxylic acids is 1. The molecule has 1 unspecified atom stereocenters. The second-order valence-corrected chi connectivity index (χ2v) is 6.54. The van der Waals surface area contributed by atoms with Gasteiger partial charge in [-0.3, -0.25) is 4.79 Å². The van der Waals surface area contributed by atoms with Gasteiger partial charge in [0.25, 0.3) is 0 Å². The summed E-state index contributed by atoms with van der Waals surface area (Å²) in [5, 5.41) is 9.77. The van der Waals surface area contributed by atoms with Crippen LogP contribution in [0.3, 0.4) is 0 Å². The maximum atomic E-state index is 12.5. The first kappa shape index (κ1) is 15.7. The third-order valence-electron chi connectivity index (χ3n) is 3.68. The molecule has 1 N–H and O–H groups in total. The smallest absolute Gasteiger partial charge is 0.199 e. The van der Waals surface area contributed by atoms with Gasteiger partial charge in [-0.25, -0.2) is 0 Å². The Kier molecular flexibility index (Phi) is 4.72. The molecule has 4 heteroatoms. The van der Waals surface area contributed by atoms with E-state index < -0.39 is 0 Å². The van der Waals surface area contributed by atoms with Gasteiger partial charge in [-0.15, -0.1) is 11.8 Å². The Balaban J connectivity index is 1.69. The average molecular weight is 326 g/mol. The quantitative estimate of drug-likeness (QED) is 0.807. The highest BCUT2D eigenvalue weighted by molar-refractivity contribution is 8.04. The van der Waals surface area contributed by atoms with Gasteiger partial charge in [-0.2, -0.15) is 0 Å². The maximum absolute atomic E-state index is 12.5. The van der Waals surface area contributed by atoms with Gasteiger partial charge < -0.3 is 9.84 Å². The number of benzene rings is 2. The summed E-state index contributed by atoms with van der Waals surface area (Å²) in [5.74, 6) is 0.949. The zero-order valence-corrected chi connectivity index (χ0v) is 13.7. The molecule has 3 rings (SSSR count). The highest BCUT2D eigenvalue weighted by Crippen LogP contribution is 2.45. The number of allylic oxidation sites excluding steroid dienone is 2. The SMILES string of the molecule is CCOc1ccc(C2CC=C(C(=O)c3cccc(O)c3)S2)cc1. The van der Waals surface area contributed by atoms with E-state index in [1.54, 1.807) is 30.0 Å². The van der Waals surface area contributed by atoms with Gasteiger partial charge in [0.1, 0.15) is 11.5 Å². The van der Waals surface area contributed by atoms with E-state index in [-0.39, 0.29) is 16.8 Å². The Morgan fingerprint density at radius 3 is 2.74 bits per heavy atom. The topological polar surface area (TPSA) is 46.5 Å². The predicted octanol–water partition coefficient (Wildman–Crippen LogP) is 4.74. The number of phenols is 1. The summed E-state index contributed by atoms with van der Waals surface area (Å²) in [7, 11) is 0. The fourth-order valence-electron chi connectivity index (χ4n) is 2.55. The van der Waals surface area contributed by atoms with Crippen LogP contribution in [0.4, 0.5) is 0 Å². The van der Waals surface area contributed by atoms with Crippen LogP contribution in [0.5, 0.6) is 11.5 Å². The van der Waals surface area contributed by atoms with Crippen molar-refractivity contribution in [3.8, 4) is 11.5 Å². The molecule has 0 saturated carbocycles. The fourth-order valence-corrected chi connectivity index (χ4v) is 3.76. The van der Waals surface area contributed by atoms with E-state index in [0.29, 0.717) is 12.2 Å². The molecular weight excluding hydrogens is 308 g/mol. The molecule has 1 atom stereocenters. The molecule has 118 valence electrons. The largest absolute Gasteiger partial charge is 0.508 e. The number of hydrogen-bond donors (Lipinski definition) is 1. The zero-order chi connectivity index (χ0) is 16.2. The van der Waals surface area contributed by atoms with Crippen molar-refractivity contribution in [2.75, 3.05) is 6.61 Å². The van der Waals surface area contributed by atoms with Gasteiger partial charge in [0.2, 0.25) is 0 Å². The van der Waals surface area contributed by atoms with Crippen LogP contribution in [-0.4, -0.2) is 17.5 Å². The van der Waals surface area contributed by atoms with Crippen molar-refractivity contribution in [2.24, 2.45) is 0 Å². The number of carbonyl (C=O) groups is 1. The lowest BCUT2D eigenvalue weighted by molar-refractivity contribution is 0.104. The summed E-state index contributed by atoms with van der Waals surface area (Å²) < 4.78 is 5.45. The first-order chi connectivity index (χ1) is 11.2. The molecule has 1 aliphatic rings. The molecule has 0 bridgehead atoms. The van der Waals surface area contributed by atoms with Crippen LogP contribution < -0.4 is 4.74 Å². The number of Topliss-reactive ketones (excluding diaryl/α,β-unsaturated/α-hetero) is 1. The van der Waals surface area contributed by atoms with Gasteiger partial charge in [-0.1, -0.05) is 30.3 Å². The number of rotatable bonds is 5. The minimum Gasteiger partial charge on any atom is -0.508 e. The van der Waals surface area contributed by atoms with Gasteiger partial charge in [-0.05, 0) is 43.2 Å². The van der Waals surface area contributed by atoms with Gasteiger partial charge in [0.15, 0.2) is 5.78 Å². The number of hydrogen-bond acceptors (Lipinski definition) is 4. The number of phenolic OH excluding ortho intramolecular Hbond substituents is 1. The van der Waals surface area contributed by atoms with Crippen LogP contribution in [0.15, 0.2) is 59.5 Å². The first-order valence-corrected chi connectivity index (χ1v) is 8.48. The molecule has 0 saturated heterocycles. The summed E-state index contributed by atoms with van der Waals surface area (Å²) in [5.41, 5.74) is 1.71. The monoisotopic (exact) mass is 326 g/mol. The van der Waals surface area contributed by atoms with E-state index in [0.717, 1.165) is 17.1 Å². The lowest BCUT2D eigenvalue weighted by Crippen LogP contribution is -1.99. The van der Waals surface area contributed by atoms with Crippen molar-refractivity contribution in [1.29, 1.82) is 0 Å². The Hall–Kier alpha value is -2.20. The molecule has 0 amide bonds. The molecule has 0 radical (unpaired) electrons. The number of aromatic hydroxyl groups is 1. The predicted molar refractivity (Wildman–Crippen MR) is 93.1 cm³/mol. The highest BCUT2D eigenvalue weighted by atomic mass is 32.2. The van der Waals surface area contributed by atoms with Crippen LogP contribution in [0.25, 0.3) is 0 Å². The number of ketones is 1. The van der Waals surface area contributed by atoms with E-state index in [1.165, 1.54) is 11.6 Å². The molecule has 0 fully saturated rings. The van der Waals surface area contributed by atoms with Gasteiger partial charge in [0, 0.05) is 10.8 Å². The zero-order valence-electron chi connectivity index (χ0n) is 12.9. The second kappa shape index (κ2) is 6.92. The van der Waals surface area contributed by atoms with Crippen molar-refractivity contribution < 1.29 is 14.6 Å². The summed E-state index contributed by atoms with van der Waals surface area (Å²) in [4.78, 5) is 13.2. The van der Waals surface area contributed by atoms with Crippen LogP contribution in [0, 0.1) is 0 Å². The van der Waals surface area contributed by atoms with Crippen LogP contribution in [-0.2, 0) is 0 Å². The van der Waals surface area contributed by atoms with Gasteiger partial charge >= 0.3 is 0 Å². The standard InChI is InChI=1S/C19H18O3S/c1-2-22-16-8-6-13(7-9-16)17-10-11-18(23-17)19(21)14-4-3-5-15(20)12-14/h3-9,11-12,17,20H,2,10H2,1H3. The summed E-state index contributed by atoms with van der Waals surface area (Å²) >= 11 is 1.58. The third kappa shape index (κ3) is 3.59. The van der Waals surface area contributed by atoms with Gasteiger partial charge in [0.05, 0.1) is 11.5 Å². The summed E-state index contributed by atoms with van der Waals surface area (Å²) in [6.07, 6.45) is 2.82. The van der Waals surface area contributed by atoms with Crippen molar-refractivity contribution >= 4 is 17.5 Å². The number of ether oxygens (including phenoxy) is 1. The average Bonchev–Trinajstić information content (AvgIpc) is 3.05. The van der Waals surface area contributed by atoms with Crippen LogP contribution >= 0.6 is 11.8 Å². The van der Waals surface area contributed by atoms with E-state index in [1.807, 2.05) is 25.1 Å². The molecule has 0 aliphatic carbocycles. The molecule has 3 nitrogen and oxygen atoms in total. The molecule has 23 heavy (non-hydrogen) atoms. The van der Waals surface area contributed by atoms with Crippen molar-refractivity contribution in [3.63, 3.8) is 0 Å². The normalized spacial score (nSPS) is 16.9. The number of thioether (sulfide) groups is 1. The van der Waals surface area contributed by atoms with Crippen molar-refractivity contribution in [3.05, 3.63) is 70.6 Å². The lowest BCUT2D eigenvalue weighted by Gasteiger charge is -2.11. The third-order valence-corrected chi connectivity index (χ3v) is 5.04. The minimum absolute atomic E-state index is 0.0284. The molecule has 0 spiro atoms. The Morgan fingerprint density at radius 1 is 1.26 bits per heavy atom. The minimum atomic E-state index is -0.0284. The molecule has 2 aromatic rings. The van der Waals surface area contributed by atoms with E-state index in [2.05, 4.69) is 12.1 Å². The first-order valence-electron chi connectivity index (χ1n) is 7.60. The van der Waals surface area contributed by atoms with E-state index >= 15 is 0 Å². The molecular formula is C19H18O3S. The van der Waals surface area contributed by atoms with Crippen molar-refractivity contribution in [2.45, 2.75) is 18.6 Å². The molecule has 2 aromatic carbocycles. The molecule has 1 aliphatic heterocycles. The molecule has 0 aromatic heterocycles. The fraction of sp³-hybridized carbons (Fsp3) is 0.211. The highest BCUT2D eigenvalue weighted by Gasteiger charge is 2.25. The van der Waals surface area contributed by atoms with Crippen molar-refractivity contribution in [1.82, 2.24) is 0 Å². The summed E-state index contributed by atoms with van der Waals surface area (Å²) in [6.45, 7) is 2.62.